The smallest absolute Gasteiger partial charge is 0.306 e. The van der Waals surface area contributed by atoms with Gasteiger partial charge in [-0.1, -0.05) is 18.6 Å². The molecule has 0 bridgehead atoms. The first-order chi connectivity index (χ1) is 9.06. The molecule has 2 N–H and O–H groups in total. The Morgan fingerprint density at radius 2 is 2.26 bits per heavy atom. The van der Waals surface area contributed by atoms with E-state index in [4.69, 9.17) is 5.11 Å². The van der Waals surface area contributed by atoms with Crippen molar-refractivity contribution in [1.82, 2.24) is 5.32 Å². The highest BCUT2D eigenvalue weighted by molar-refractivity contribution is 5.70. The number of carbonyl (C=O) groups is 1. The van der Waals surface area contributed by atoms with Crippen LogP contribution in [0.1, 0.15) is 44.2 Å². The van der Waals surface area contributed by atoms with Gasteiger partial charge in [0.2, 0.25) is 0 Å². The second-order valence-electron chi connectivity index (χ2n) is 5.34. The molecule has 1 aliphatic carbocycles. The molecule has 0 radical (unpaired) electrons. The minimum absolute atomic E-state index is 0.0354. The quantitative estimate of drug-likeness (QED) is 0.879. The second kappa shape index (κ2) is 6.15. The summed E-state index contributed by atoms with van der Waals surface area (Å²) < 4.78 is 13.2. The Morgan fingerprint density at radius 1 is 1.47 bits per heavy atom. The lowest BCUT2D eigenvalue weighted by atomic mass is 9.85. The Balaban J connectivity index is 1.95. The van der Waals surface area contributed by atoms with E-state index in [9.17, 15) is 9.18 Å². The van der Waals surface area contributed by atoms with Crippen molar-refractivity contribution in [3.63, 3.8) is 0 Å². The van der Waals surface area contributed by atoms with Gasteiger partial charge in [0.25, 0.3) is 0 Å². The van der Waals surface area contributed by atoms with Crippen molar-refractivity contribution >= 4 is 5.97 Å². The standard InChI is InChI=1S/C15H20FNO2/c1-10(11-4-2-6-13(16)8-11)17-14-7-3-5-12(9-14)15(18)19/h2,4,6,8,10,12,14,17H,3,5,7,9H2,1H3,(H,18,19)/t10-,12?,14?/m1/s1. The molecule has 0 amide bonds. The SMILES string of the molecule is C[C@@H](NC1CCCC(C(=O)O)C1)c1cccc(F)c1. The Morgan fingerprint density at radius 3 is 2.95 bits per heavy atom. The van der Waals surface area contributed by atoms with Crippen LogP contribution in [0, 0.1) is 11.7 Å². The third kappa shape index (κ3) is 3.77. The van der Waals surface area contributed by atoms with Crippen LogP contribution >= 0.6 is 0 Å². The molecule has 0 heterocycles. The van der Waals surface area contributed by atoms with Gasteiger partial charge in [-0.3, -0.25) is 4.79 Å². The fourth-order valence-corrected chi connectivity index (χ4v) is 2.79. The second-order valence-corrected chi connectivity index (χ2v) is 5.34. The van der Waals surface area contributed by atoms with Gasteiger partial charge in [0, 0.05) is 12.1 Å². The Bertz CT molecular complexity index is 450. The third-order valence-corrected chi connectivity index (χ3v) is 3.86. The highest BCUT2D eigenvalue weighted by Crippen LogP contribution is 2.26. The summed E-state index contributed by atoms with van der Waals surface area (Å²) >= 11 is 0. The number of carboxylic acids is 1. The Hall–Kier alpha value is -1.42. The van der Waals surface area contributed by atoms with Gasteiger partial charge in [0.15, 0.2) is 0 Å². The molecule has 104 valence electrons. The van der Waals surface area contributed by atoms with Crippen LogP contribution in [0.5, 0.6) is 0 Å². The van der Waals surface area contributed by atoms with Crippen molar-refractivity contribution < 1.29 is 14.3 Å². The molecule has 3 atom stereocenters. The maximum Gasteiger partial charge on any atom is 0.306 e. The van der Waals surface area contributed by atoms with Gasteiger partial charge in [-0.2, -0.15) is 0 Å². The zero-order valence-electron chi connectivity index (χ0n) is 11.1. The van der Waals surface area contributed by atoms with E-state index >= 15 is 0 Å². The van der Waals surface area contributed by atoms with Gasteiger partial charge in [-0.25, -0.2) is 4.39 Å². The van der Waals surface area contributed by atoms with E-state index < -0.39 is 5.97 Å². The molecular formula is C15H20FNO2. The number of benzene rings is 1. The van der Waals surface area contributed by atoms with Crippen LogP contribution in [0.15, 0.2) is 24.3 Å². The summed E-state index contributed by atoms with van der Waals surface area (Å²) in [6, 6.07) is 6.77. The highest BCUT2D eigenvalue weighted by atomic mass is 19.1. The lowest BCUT2D eigenvalue weighted by Crippen LogP contribution is -2.37. The molecule has 2 unspecified atom stereocenters. The van der Waals surface area contributed by atoms with Gasteiger partial charge >= 0.3 is 5.97 Å². The molecule has 19 heavy (non-hydrogen) atoms. The summed E-state index contributed by atoms with van der Waals surface area (Å²) in [4.78, 5) is 11.0. The minimum atomic E-state index is -0.704. The van der Waals surface area contributed by atoms with Crippen LogP contribution < -0.4 is 5.32 Å². The van der Waals surface area contributed by atoms with Crippen molar-refractivity contribution in [2.45, 2.75) is 44.7 Å². The lowest BCUT2D eigenvalue weighted by molar-refractivity contribution is -0.143. The van der Waals surface area contributed by atoms with Crippen LogP contribution in [-0.4, -0.2) is 17.1 Å². The Kier molecular flexibility index (Phi) is 4.53. The number of rotatable bonds is 4. The predicted molar refractivity (Wildman–Crippen MR) is 71.3 cm³/mol. The first-order valence-electron chi connectivity index (χ1n) is 6.80. The van der Waals surface area contributed by atoms with E-state index in [2.05, 4.69) is 5.32 Å². The van der Waals surface area contributed by atoms with Gasteiger partial charge in [-0.05, 0) is 43.9 Å². The molecule has 2 rings (SSSR count). The number of aliphatic carboxylic acids is 1. The normalized spacial score (nSPS) is 24.9. The summed E-state index contributed by atoms with van der Waals surface area (Å²) in [6.07, 6.45) is 3.35. The van der Waals surface area contributed by atoms with Crippen molar-refractivity contribution in [2.24, 2.45) is 5.92 Å². The first kappa shape index (κ1) is 14.0. The van der Waals surface area contributed by atoms with E-state index in [1.807, 2.05) is 13.0 Å². The third-order valence-electron chi connectivity index (χ3n) is 3.86. The largest absolute Gasteiger partial charge is 0.481 e. The topological polar surface area (TPSA) is 49.3 Å². The average molecular weight is 265 g/mol. The summed E-state index contributed by atoms with van der Waals surface area (Å²) in [7, 11) is 0. The van der Waals surface area contributed by atoms with E-state index in [1.54, 1.807) is 6.07 Å². The summed E-state index contributed by atoms with van der Waals surface area (Å²) in [5.41, 5.74) is 0.900. The Labute approximate surface area is 112 Å². The number of nitrogens with one attached hydrogen (secondary N) is 1. The van der Waals surface area contributed by atoms with E-state index in [-0.39, 0.29) is 23.8 Å². The molecular weight excluding hydrogens is 245 g/mol. The van der Waals surface area contributed by atoms with E-state index in [1.165, 1.54) is 12.1 Å². The maximum absolute atomic E-state index is 13.2. The molecule has 3 nitrogen and oxygen atoms in total. The molecule has 0 spiro atoms. The zero-order chi connectivity index (χ0) is 13.8. The molecule has 1 aliphatic rings. The monoisotopic (exact) mass is 265 g/mol. The fraction of sp³-hybridized carbons (Fsp3) is 0.533. The number of carboxylic acid groups (broad SMARTS) is 1. The van der Waals surface area contributed by atoms with Crippen molar-refractivity contribution in [3.05, 3.63) is 35.6 Å². The van der Waals surface area contributed by atoms with Crippen molar-refractivity contribution in [2.75, 3.05) is 0 Å². The average Bonchev–Trinajstić information content (AvgIpc) is 2.39. The number of halogens is 1. The first-order valence-corrected chi connectivity index (χ1v) is 6.80. The predicted octanol–water partition coefficient (Wildman–Crippen LogP) is 3.12. The van der Waals surface area contributed by atoms with E-state index in [0.717, 1.165) is 24.8 Å². The molecule has 0 aliphatic heterocycles. The molecule has 0 saturated heterocycles. The van der Waals surface area contributed by atoms with Gasteiger partial charge < -0.3 is 10.4 Å². The summed E-state index contributed by atoms with van der Waals surface area (Å²) in [6.45, 7) is 1.99. The number of hydrogen-bond acceptors (Lipinski definition) is 2. The number of hydrogen-bond donors (Lipinski definition) is 2. The molecule has 4 heteroatoms. The van der Waals surface area contributed by atoms with Crippen LogP contribution in [0.2, 0.25) is 0 Å². The summed E-state index contributed by atoms with van der Waals surface area (Å²) in [5, 5.41) is 12.5. The van der Waals surface area contributed by atoms with Crippen molar-refractivity contribution in [3.8, 4) is 0 Å². The van der Waals surface area contributed by atoms with Crippen LogP contribution in [0.4, 0.5) is 4.39 Å². The molecule has 1 fully saturated rings. The van der Waals surface area contributed by atoms with Crippen molar-refractivity contribution in [1.29, 1.82) is 0 Å². The fourth-order valence-electron chi connectivity index (χ4n) is 2.79. The maximum atomic E-state index is 13.2. The van der Waals surface area contributed by atoms with Crippen LogP contribution in [0.25, 0.3) is 0 Å². The lowest BCUT2D eigenvalue weighted by Gasteiger charge is -2.30. The van der Waals surface area contributed by atoms with Gasteiger partial charge in [0.05, 0.1) is 5.92 Å². The zero-order valence-corrected chi connectivity index (χ0v) is 11.1. The molecule has 1 aromatic rings. The minimum Gasteiger partial charge on any atom is -0.481 e. The van der Waals surface area contributed by atoms with Gasteiger partial charge in [-0.15, -0.1) is 0 Å². The van der Waals surface area contributed by atoms with Gasteiger partial charge in [0.1, 0.15) is 5.82 Å². The molecule has 1 aromatic carbocycles. The van der Waals surface area contributed by atoms with E-state index in [0.29, 0.717) is 6.42 Å². The highest BCUT2D eigenvalue weighted by Gasteiger charge is 2.27. The molecule has 1 saturated carbocycles. The van der Waals surface area contributed by atoms with Crippen LogP contribution in [-0.2, 0) is 4.79 Å². The summed E-state index contributed by atoms with van der Waals surface area (Å²) in [5.74, 6) is -1.19. The van der Waals surface area contributed by atoms with Crippen LogP contribution in [0.3, 0.4) is 0 Å². The molecule has 0 aromatic heterocycles.